The first-order chi connectivity index (χ1) is 15.5. The second kappa shape index (κ2) is 9.51. The summed E-state index contributed by atoms with van der Waals surface area (Å²) >= 11 is 0. The zero-order valence-corrected chi connectivity index (χ0v) is 18.1. The number of halogens is 2. The van der Waals surface area contributed by atoms with Crippen LogP contribution >= 0.6 is 0 Å². The predicted octanol–water partition coefficient (Wildman–Crippen LogP) is 5.95. The maximum atomic E-state index is 13.5. The maximum absolute atomic E-state index is 13.5. The van der Waals surface area contributed by atoms with E-state index in [1.165, 1.54) is 24.3 Å². The molecule has 0 radical (unpaired) electrons. The molecule has 0 bridgehead atoms. The number of furan rings is 1. The quantitative estimate of drug-likeness (QED) is 0.422. The smallest absolute Gasteiger partial charge is 0.243 e. The molecule has 2 atom stereocenters. The number of aryl methyl sites for hydroxylation is 1. The van der Waals surface area contributed by atoms with Gasteiger partial charge >= 0.3 is 0 Å². The first-order valence-electron chi connectivity index (χ1n) is 11.0. The summed E-state index contributed by atoms with van der Waals surface area (Å²) in [6, 6.07) is 14.9. The molecule has 1 amide bonds. The standard InChI is InChI=1S/C27H27F2NO2/c1-19(3-2-4-20-15-16-32-18-20)30-26(31)14-9-23-17-27(23,21-5-10-24(28)11-6-21)22-7-12-25(29)13-8-22/h5-16,18-19,23H,2-4,17H2,1H3,(H,30,31)/t19-,23-/m0/s1. The van der Waals surface area contributed by atoms with E-state index in [0.29, 0.717) is 0 Å². The topological polar surface area (TPSA) is 42.2 Å². The Kier molecular flexibility index (Phi) is 6.54. The summed E-state index contributed by atoms with van der Waals surface area (Å²) in [7, 11) is 0. The molecular weight excluding hydrogens is 408 g/mol. The molecule has 32 heavy (non-hydrogen) atoms. The van der Waals surface area contributed by atoms with Crippen LogP contribution in [0.2, 0.25) is 0 Å². The Labute approximate surface area is 187 Å². The summed E-state index contributed by atoms with van der Waals surface area (Å²) in [5.74, 6) is -0.630. The molecule has 2 aromatic carbocycles. The van der Waals surface area contributed by atoms with Gasteiger partial charge in [0, 0.05) is 11.5 Å². The van der Waals surface area contributed by atoms with Crippen LogP contribution in [0.25, 0.3) is 0 Å². The zero-order chi connectivity index (χ0) is 22.6. The zero-order valence-electron chi connectivity index (χ0n) is 18.1. The highest BCUT2D eigenvalue weighted by Crippen LogP contribution is 2.59. The highest BCUT2D eigenvalue weighted by atomic mass is 19.1. The molecule has 3 nitrogen and oxygen atoms in total. The summed E-state index contributed by atoms with van der Waals surface area (Å²) < 4.78 is 32.0. The third-order valence-corrected chi connectivity index (χ3v) is 6.28. The van der Waals surface area contributed by atoms with Crippen molar-refractivity contribution >= 4 is 5.91 Å². The largest absolute Gasteiger partial charge is 0.472 e. The molecule has 0 aliphatic heterocycles. The molecule has 0 spiro atoms. The van der Waals surface area contributed by atoms with Crippen molar-refractivity contribution in [3.05, 3.63) is 108 Å². The van der Waals surface area contributed by atoms with Crippen molar-refractivity contribution in [3.63, 3.8) is 0 Å². The van der Waals surface area contributed by atoms with E-state index in [9.17, 15) is 13.6 Å². The SMILES string of the molecule is C[C@@H](CCCc1ccoc1)NC(=O)C=C[C@H]1CC1(c1ccc(F)cc1)c1ccc(F)cc1. The lowest BCUT2D eigenvalue weighted by atomic mass is 9.85. The van der Waals surface area contributed by atoms with Gasteiger partial charge in [-0.25, -0.2) is 8.78 Å². The van der Waals surface area contributed by atoms with E-state index < -0.39 is 0 Å². The number of hydrogen-bond donors (Lipinski definition) is 1. The summed E-state index contributed by atoms with van der Waals surface area (Å²) in [5.41, 5.74) is 2.73. The van der Waals surface area contributed by atoms with E-state index in [4.69, 9.17) is 4.42 Å². The van der Waals surface area contributed by atoms with Crippen LogP contribution in [-0.4, -0.2) is 11.9 Å². The molecule has 0 saturated heterocycles. The Morgan fingerprint density at radius 2 is 1.72 bits per heavy atom. The number of nitrogens with one attached hydrogen (secondary N) is 1. The van der Waals surface area contributed by atoms with Crippen LogP contribution in [0.5, 0.6) is 0 Å². The van der Waals surface area contributed by atoms with E-state index in [0.717, 1.165) is 42.4 Å². The van der Waals surface area contributed by atoms with E-state index in [1.807, 2.05) is 19.1 Å². The van der Waals surface area contributed by atoms with Crippen LogP contribution in [0.4, 0.5) is 8.78 Å². The molecule has 1 fully saturated rings. The molecule has 1 aliphatic carbocycles. The Balaban J connectivity index is 1.38. The van der Waals surface area contributed by atoms with Gasteiger partial charge in [0.25, 0.3) is 0 Å². The molecule has 1 N–H and O–H groups in total. The third-order valence-electron chi connectivity index (χ3n) is 6.28. The first-order valence-corrected chi connectivity index (χ1v) is 11.0. The Morgan fingerprint density at radius 3 is 2.28 bits per heavy atom. The minimum atomic E-state index is -0.367. The molecule has 1 heterocycles. The molecule has 1 aliphatic rings. The van der Waals surface area contributed by atoms with Crippen molar-refractivity contribution < 1.29 is 18.0 Å². The van der Waals surface area contributed by atoms with Crippen LogP contribution in [0.1, 0.15) is 42.9 Å². The summed E-state index contributed by atoms with van der Waals surface area (Å²) in [6.07, 6.45) is 10.5. The Morgan fingerprint density at radius 1 is 1.09 bits per heavy atom. The normalized spacial score (nSPS) is 17.9. The highest BCUT2D eigenvalue weighted by Gasteiger charge is 2.55. The van der Waals surface area contributed by atoms with Gasteiger partial charge in [-0.15, -0.1) is 0 Å². The Bertz CT molecular complexity index is 1010. The van der Waals surface area contributed by atoms with E-state index in [-0.39, 0.29) is 34.9 Å². The van der Waals surface area contributed by atoms with Gasteiger partial charge < -0.3 is 9.73 Å². The number of hydrogen-bond acceptors (Lipinski definition) is 2. The second-order valence-electron chi connectivity index (χ2n) is 8.59. The minimum absolute atomic E-state index is 0.0669. The van der Waals surface area contributed by atoms with Gasteiger partial charge in [0.05, 0.1) is 12.5 Å². The van der Waals surface area contributed by atoms with E-state index in [1.54, 1.807) is 42.9 Å². The van der Waals surface area contributed by atoms with Crippen LogP contribution < -0.4 is 5.32 Å². The fourth-order valence-corrected chi connectivity index (χ4v) is 4.46. The van der Waals surface area contributed by atoms with Crippen LogP contribution in [0, 0.1) is 17.6 Å². The van der Waals surface area contributed by atoms with Gasteiger partial charge in [-0.2, -0.15) is 0 Å². The molecule has 1 saturated carbocycles. The molecule has 0 unspecified atom stereocenters. The van der Waals surface area contributed by atoms with E-state index in [2.05, 4.69) is 5.32 Å². The van der Waals surface area contributed by atoms with Gasteiger partial charge in [0.15, 0.2) is 0 Å². The lowest BCUT2D eigenvalue weighted by Gasteiger charge is -2.18. The molecular formula is C27H27F2NO2. The van der Waals surface area contributed by atoms with E-state index >= 15 is 0 Å². The van der Waals surface area contributed by atoms with Gasteiger partial charge in [-0.05, 0) is 91.6 Å². The summed E-state index contributed by atoms with van der Waals surface area (Å²) in [5, 5.41) is 3.02. The third kappa shape index (κ3) is 4.98. The fourth-order valence-electron chi connectivity index (χ4n) is 4.46. The average Bonchev–Trinajstić information content (AvgIpc) is 3.27. The first kappa shape index (κ1) is 22.0. The second-order valence-corrected chi connectivity index (χ2v) is 8.59. The summed E-state index contributed by atoms with van der Waals surface area (Å²) in [4.78, 5) is 12.4. The molecule has 1 aromatic heterocycles. The lowest BCUT2D eigenvalue weighted by molar-refractivity contribution is -0.117. The van der Waals surface area contributed by atoms with Gasteiger partial charge in [0.2, 0.25) is 5.91 Å². The summed E-state index contributed by atoms with van der Waals surface area (Å²) in [6.45, 7) is 2.00. The van der Waals surface area contributed by atoms with Crippen molar-refractivity contribution in [2.24, 2.45) is 5.92 Å². The number of carbonyl (C=O) groups is 1. The average molecular weight is 436 g/mol. The lowest BCUT2D eigenvalue weighted by Crippen LogP contribution is -2.31. The number of rotatable bonds is 9. The van der Waals surface area contributed by atoms with Crippen LogP contribution in [0.3, 0.4) is 0 Å². The highest BCUT2D eigenvalue weighted by molar-refractivity contribution is 5.87. The molecule has 5 heteroatoms. The fraction of sp³-hybridized carbons (Fsp3) is 0.296. The number of amides is 1. The number of benzene rings is 2. The van der Waals surface area contributed by atoms with Crippen LogP contribution in [-0.2, 0) is 16.6 Å². The van der Waals surface area contributed by atoms with Crippen molar-refractivity contribution in [1.29, 1.82) is 0 Å². The van der Waals surface area contributed by atoms with Gasteiger partial charge in [0.1, 0.15) is 11.6 Å². The monoisotopic (exact) mass is 435 g/mol. The Hall–Kier alpha value is -3.21. The molecule has 4 rings (SSSR count). The minimum Gasteiger partial charge on any atom is -0.472 e. The predicted molar refractivity (Wildman–Crippen MR) is 120 cm³/mol. The van der Waals surface area contributed by atoms with Crippen molar-refractivity contribution in [3.8, 4) is 0 Å². The molecule has 166 valence electrons. The maximum Gasteiger partial charge on any atom is 0.243 e. The number of allylic oxidation sites excluding steroid dienone is 1. The van der Waals surface area contributed by atoms with Crippen LogP contribution in [0.15, 0.2) is 83.7 Å². The van der Waals surface area contributed by atoms with Crippen molar-refractivity contribution in [1.82, 2.24) is 5.32 Å². The number of carbonyl (C=O) groups excluding carboxylic acids is 1. The van der Waals surface area contributed by atoms with Crippen molar-refractivity contribution in [2.75, 3.05) is 0 Å². The van der Waals surface area contributed by atoms with Crippen molar-refractivity contribution in [2.45, 2.75) is 44.1 Å². The van der Waals surface area contributed by atoms with Gasteiger partial charge in [-0.1, -0.05) is 30.3 Å². The molecule has 3 aromatic rings. The van der Waals surface area contributed by atoms with Gasteiger partial charge in [-0.3, -0.25) is 4.79 Å².